The van der Waals surface area contributed by atoms with E-state index >= 15 is 0 Å². The summed E-state index contributed by atoms with van der Waals surface area (Å²) < 4.78 is 0. The molecule has 5 aromatic carbocycles. The molecule has 56 heavy (non-hydrogen) atoms. The van der Waals surface area contributed by atoms with Crippen LogP contribution in [-0.4, -0.2) is 64.3 Å². The number of benzene rings is 5. The minimum atomic E-state index is -2.60. The van der Waals surface area contributed by atoms with Gasteiger partial charge in [0.05, 0.1) is 11.1 Å². The largest absolute Gasteiger partial charge is 0.507 e. The van der Waals surface area contributed by atoms with E-state index in [1.807, 2.05) is 36.4 Å². The predicted octanol–water partition coefficient (Wildman–Crippen LogP) is 7.48. The van der Waals surface area contributed by atoms with Crippen molar-refractivity contribution in [2.24, 2.45) is 0 Å². The number of phenolic OH excluding ortho intramolecular Hbond substituents is 4. The van der Waals surface area contributed by atoms with E-state index in [9.17, 15) is 45.3 Å². The van der Waals surface area contributed by atoms with Gasteiger partial charge in [0.2, 0.25) is 17.3 Å². The summed E-state index contributed by atoms with van der Waals surface area (Å²) in [7, 11) is 0. The molecule has 0 aliphatic heterocycles. The van der Waals surface area contributed by atoms with Crippen LogP contribution in [0, 0.1) is 0 Å². The first-order valence-electron chi connectivity index (χ1n) is 17.5. The average molecular weight is 753 g/mol. The van der Waals surface area contributed by atoms with Crippen molar-refractivity contribution in [2.45, 2.75) is 24.7 Å². The summed E-state index contributed by atoms with van der Waals surface area (Å²) in [6.45, 7) is 0. The number of phenols is 4. The zero-order valence-electron chi connectivity index (χ0n) is 30.0. The van der Waals surface area contributed by atoms with E-state index in [-0.39, 0.29) is 16.9 Å². The number of aliphatic hydroxyl groups excluding tert-OH is 2. The van der Waals surface area contributed by atoms with Gasteiger partial charge in [-0.05, 0) is 59.7 Å². The summed E-state index contributed by atoms with van der Waals surface area (Å²) in [6, 6.07) is 32.4. The van der Waals surface area contributed by atoms with E-state index in [0.29, 0.717) is 16.9 Å². The number of fused-ring (bicyclic) bond motifs is 2. The first-order valence-corrected chi connectivity index (χ1v) is 17.5. The fourth-order valence-electron chi connectivity index (χ4n) is 5.74. The Morgan fingerprint density at radius 2 is 1.18 bits per heavy atom. The zero-order chi connectivity index (χ0) is 40.2. The number of hydrogen-bond acceptors (Lipinski definition) is 10. The first kappa shape index (κ1) is 40.2. The third-order valence-electron chi connectivity index (χ3n) is 8.85. The maximum atomic E-state index is 12.0. The fraction of sp³-hybridized carbons (Fsp3) is 0.0870. The molecule has 0 spiro atoms. The molecule has 1 atom stereocenters. The molecule has 0 bridgehead atoms. The van der Waals surface area contributed by atoms with E-state index in [4.69, 9.17) is 5.11 Å². The van der Waals surface area contributed by atoms with Gasteiger partial charge in [0.15, 0.2) is 23.4 Å². The molecule has 3 aliphatic carbocycles. The van der Waals surface area contributed by atoms with Crippen molar-refractivity contribution in [1.82, 2.24) is 0 Å². The molecule has 5 aromatic rings. The lowest BCUT2D eigenvalue weighted by Crippen LogP contribution is -2.48. The van der Waals surface area contributed by atoms with Crippen LogP contribution in [-0.2, 0) is 4.79 Å². The number of carbonyl (C=O) groups is 2. The van der Waals surface area contributed by atoms with Crippen molar-refractivity contribution in [3.05, 3.63) is 197 Å². The number of ketones is 2. The van der Waals surface area contributed by atoms with Gasteiger partial charge >= 0.3 is 0 Å². The summed E-state index contributed by atoms with van der Waals surface area (Å²) in [5, 5.41) is 77.3. The number of aromatic hydroxyl groups is 4. The maximum absolute atomic E-state index is 12.0. The molecule has 3 aliphatic rings. The summed E-state index contributed by atoms with van der Waals surface area (Å²) in [4.78, 5) is 23.7. The van der Waals surface area contributed by atoms with Crippen molar-refractivity contribution in [1.29, 1.82) is 0 Å². The Morgan fingerprint density at radius 3 is 1.79 bits per heavy atom. The molecule has 10 heteroatoms. The molecule has 10 nitrogen and oxygen atoms in total. The van der Waals surface area contributed by atoms with Crippen LogP contribution >= 0.6 is 0 Å². The van der Waals surface area contributed by atoms with Crippen LogP contribution in [0.15, 0.2) is 181 Å². The molecule has 0 amide bonds. The van der Waals surface area contributed by atoms with Gasteiger partial charge in [0, 0.05) is 16.5 Å². The third-order valence-corrected chi connectivity index (χ3v) is 8.85. The van der Waals surface area contributed by atoms with Crippen LogP contribution in [0.2, 0.25) is 0 Å². The van der Waals surface area contributed by atoms with Crippen molar-refractivity contribution >= 4 is 28.1 Å². The summed E-state index contributed by atoms with van der Waals surface area (Å²) in [5.41, 5.74) is 3.57. The minimum Gasteiger partial charge on any atom is -0.507 e. The minimum absolute atomic E-state index is 0.0495. The Bertz CT molecular complexity index is 2350. The molecule has 1 unspecified atom stereocenters. The number of Topliss-reactive ketones (excluding diaryl/α,β-unsaturated/α-hetero) is 1. The van der Waals surface area contributed by atoms with E-state index in [1.165, 1.54) is 17.2 Å². The van der Waals surface area contributed by atoms with E-state index < -0.39 is 40.7 Å². The number of allylic oxidation sites excluding steroid dienone is 9. The van der Waals surface area contributed by atoms with E-state index in [1.54, 1.807) is 66.7 Å². The second kappa shape index (κ2) is 18.4. The second-order valence-corrected chi connectivity index (χ2v) is 12.7. The van der Waals surface area contributed by atoms with Gasteiger partial charge in [-0.25, -0.2) is 0 Å². The van der Waals surface area contributed by atoms with Gasteiger partial charge < -0.3 is 40.9 Å². The highest BCUT2D eigenvalue weighted by atomic mass is 16.5. The van der Waals surface area contributed by atoms with Crippen LogP contribution in [0.4, 0.5) is 0 Å². The molecule has 0 radical (unpaired) electrons. The third kappa shape index (κ3) is 9.76. The molecule has 8 N–H and O–H groups in total. The summed E-state index contributed by atoms with van der Waals surface area (Å²) in [5.74, 6) is -5.69. The Kier molecular flexibility index (Phi) is 13.2. The van der Waals surface area contributed by atoms with Crippen LogP contribution in [0.5, 0.6) is 23.0 Å². The highest BCUT2D eigenvalue weighted by molar-refractivity contribution is 6.11. The van der Waals surface area contributed by atoms with Crippen molar-refractivity contribution < 1.29 is 50.4 Å². The Hall–Kier alpha value is -6.98. The quantitative estimate of drug-likeness (QED) is 0.0301. The molecule has 0 saturated carbocycles. The Morgan fingerprint density at radius 1 is 0.625 bits per heavy atom. The number of aliphatic hydroxyl groups is 4. The van der Waals surface area contributed by atoms with Gasteiger partial charge in [0.1, 0.15) is 11.5 Å². The molecule has 284 valence electrons. The molecule has 0 fully saturated rings. The molecule has 0 aromatic heterocycles. The molecule has 8 rings (SSSR count). The molecule has 0 heterocycles. The van der Waals surface area contributed by atoms with Crippen molar-refractivity contribution in [3.8, 4) is 23.0 Å². The lowest BCUT2D eigenvalue weighted by atomic mass is 9.90. The molecular formula is C46H40O10. The summed E-state index contributed by atoms with van der Waals surface area (Å²) in [6.07, 6.45) is 15.3. The van der Waals surface area contributed by atoms with Crippen LogP contribution in [0.3, 0.4) is 0 Å². The fourth-order valence-corrected chi connectivity index (χ4v) is 5.74. The first-order chi connectivity index (χ1) is 26.9. The maximum Gasteiger partial charge on any atom is 0.217 e. The monoisotopic (exact) mass is 752 g/mol. The van der Waals surface area contributed by atoms with Gasteiger partial charge in [-0.2, -0.15) is 0 Å². The summed E-state index contributed by atoms with van der Waals surface area (Å²) >= 11 is 0. The van der Waals surface area contributed by atoms with Gasteiger partial charge in [0.25, 0.3) is 0 Å². The Balaban J connectivity index is 0.000000147. The predicted molar refractivity (Wildman–Crippen MR) is 214 cm³/mol. The van der Waals surface area contributed by atoms with E-state index in [2.05, 4.69) is 36.5 Å². The molecule has 0 saturated heterocycles. The number of hydrogen-bond donors (Lipinski definition) is 8. The standard InChI is InChI=1S/C13H12O5.C13H10O4.C10H8O.C10H10/c14-10(8-4-2-1-3-5-8)9-6-7-13(17,18)12(16)11(9)15;14-10-7-6-9(12(16)13(10)17)11(15)8-4-2-1-3-5-8;11-10-7-3-5-8-4-1-2-6-9(8)10;1-2-6-10-8-4-3-7-9(10)5-1/h1-7,12,14,16-18H;1-7,14,16-17H;1-7,11H;1-5,8H,6-7H2. The SMILES string of the molecule is C1=CCC2=CC=CCC2=C1.O=C(c1ccccc1)c1ccc(O)c(O)c1O.O=C1C(=C(O)c2ccccc2)C=CC(O)(O)C1O.Oc1cccc2ccccc12. The smallest absolute Gasteiger partial charge is 0.217 e. The Labute approximate surface area is 322 Å². The van der Waals surface area contributed by atoms with E-state index in [0.717, 1.165) is 41.8 Å². The normalized spacial score (nSPS) is 17.0. The van der Waals surface area contributed by atoms with Gasteiger partial charge in [-0.1, -0.05) is 134 Å². The lowest BCUT2D eigenvalue weighted by Gasteiger charge is -2.27. The van der Waals surface area contributed by atoms with Gasteiger partial charge in [-0.15, -0.1) is 0 Å². The van der Waals surface area contributed by atoms with Crippen LogP contribution < -0.4 is 0 Å². The topological polar surface area (TPSA) is 196 Å². The van der Waals surface area contributed by atoms with Crippen molar-refractivity contribution in [3.63, 3.8) is 0 Å². The van der Waals surface area contributed by atoms with Crippen LogP contribution in [0.1, 0.15) is 34.3 Å². The number of carbonyl (C=O) groups excluding carboxylic acids is 2. The second-order valence-electron chi connectivity index (χ2n) is 12.7. The highest BCUT2D eigenvalue weighted by Gasteiger charge is 2.41. The molecular weight excluding hydrogens is 712 g/mol. The average Bonchev–Trinajstić information content (AvgIpc) is 3.23. The van der Waals surface area contributed by atoms with Gasteiger partial charge in [-0.3, -0.25) is 9.59 Å². The van der Waals surface area contributed by atoms with Crippen molar-refractivity contribution in [2.75, 3.05) is 0 Å². The zero-order valence-corrected chi connectivity index (χ0v) is 30.0. The van der Waals surface area contributed by atoms with Crippen LogP contribution in [0.25, 0.3) is 16.5 Å². The highest BCUT2D eigenvalue weighted by Crippen LogP contribution is 2.38. The lowest BCUT2D eigenvalue weighted by molar-refractivity contribution is -0.191. The number of rotatable bonds is 3.